The number of aryl methyl sites for hydroxylation is 2. The van der Waals surface area contributed by atoms with Gasteiger partial charge in [-0.2, -0.15) is 5.10 Å². The molecule has 0 bridgehead atoms. The maximum absolute atomic E-state index is 10.0. The summed E-state index contributed by atoms with van der Waals surface area (Å²) in [4.78, 5) is 0. The Bertz CT molecular complexity index is 651. The van der Waals surface area contributed by atoms with Crippen LogP contribution in [-0.4, -0.2) is 14.9 Å². The number of aromatic hydroxyl groups is 1. The van der Waals surface area contributed by atoms with Crippen LogP contribution in [-0.2, 0) is 19.0 Å². The van der Waals surface area contributed by atoms with Gasteiger partial charge in [-0.25, -0.2) is 0 Å². The second-order valence-electron chi connectivity index (χ2n) is 6.68. The van der Waals surface area contributed by atoms with Crippen molar-refractivity contribution >= 4 is 5.69 Å². The van der Waals surface area contributed by atoms with Gasteiger partial charge in [-0.1, -0.05) is 26.8 Å². The van der Waals surface area contributed by atoms with Crippen molar-refractivity contribution in [3.05, 3.63) is 40.7 Å². The number of nitrogens with one attached hydrogen (secondary N) is 1. The first kappa shape index (κ1) is 15.4. The van der Waals surface area contributed by atoms with Crippen molar-refractivity contribution in [3.63, 3.8) is 0 Å². The van der Waals surface area contributed by atoms with Gasteiger partial charge in [0, 0.05) is 42.0 Å². The van der Waals surface area contributed by atoms with Gasteiger partial charge < -0.3 is 10.4 Å². The number of nitrogens with zero attached hydrogens (tertiary/aromatic N) is 2. The number of rotatable bonds is 3. The highest BCUT2D eigenvalue weighted by Crippen LogP contribution is 2.29. The summed E-state index contributed by atoms with van der Waals surface area (Å²) >= 11 is 0. The molecule has 0 spiro atoms. The van der Waals surface area contributed by atoms with Gasteiger partial charge >= 0.3 is 0 Å². The molecule has 0 aliphatic rings. The van der Waals surface area contributed by atoms with Gasteiger partial charge in [0.05, 0.1) is 5.69 Å². The zero-order valence-corrected chi connectivity index (χ0v) is 13.8. The standard InChI is InChI=1S/C17H25N3O/c1-11-7-8-14(12(2)15(11)21)18-9-13-10-20(6)19-16(13)17(3,4)5/h7-8,10,18,21H,9H2,1-6H3. The lowest BCUT2D eigenvalue weighted by Gasteiger charge is -2.18. The van der Waals surface area contributed by atoms with Crippen LogP contribution in [0, 0.1) is 13.8 Å². The number of anilines is 1. The van der Waals surface area contributed by atoms with Gasteiger partial charge in [0.1, 0.15) is 5.75 Å². The molecular formula is C17H25N3O. The number of hydrogen-bond acceptors (Lipinski definition) is 3. The maximum Gasteiger partial charge on any atom is 0.123 e. The van der Waals surface area contributed by atoms with Crippen LogP contribution in [0.15, 0.2) is 18.3 Å². The molecule has 0 fully saturated rings. The van der Waals surface area contributed by atoms with Gasteiger partial charge in [-0.3, -0.25) is 4.68 Å². The van der Waals surface area contributed by atoms with Crippen LogP contribution in [0.2, 0.25) is 0 Å². The molecule has 2 N–H and O–H groups in total. The molecule has 1 aromatic heterocycles. The second kappa shape index (κ2) is 5.43. The van der Waals surface area contributed by atoms with E-state index < -0.39 is 0 Å². The highest BCUT2D eigenvalue weighted by Gasteiger charge is 2.21. The lowest BCUT2D eigenvalue weighted by molar-refractivity contribution is 0.467. The fourth-order valence-corrected chi connectivity index (χ4v) is 2.52. The second-order valence-corrected chi connectivity index (χ2v) is 6.68. The Morgan fingerprint density at radius 1 is 1.24 bits per heavy atom. The van der Waals surface area contributed by atoms with Crippen LogP contribution in [0.5, 0.6) is 5.75 Å². The van der Waals surface area contributed by atoms with Crippen LogP contribution >= 0.6 is 0 Å². The number of aromatic nitrogens is 2. The highest BCUT2D eigenvalue weighted by molar-refractivity contribution is 5.59. The summed E-state index contributed by atoms with van der Waals surface area (Å²) in [5, 5.41) is 18.0. The van der Waals surface area contributed by atoms with Gasteiger partial charge in [-0.05, 0) is 25.5 Å². The van der Waals surface area contributed by atoms with Crippen molar-refractivity contribution in [2.24, 2.45) is 7.05 Å². The molecule has 1 aromatic carbocycles. The van der Waals surface area contributed by atoms with Crippen molar-refractivity contribution in [1.82, 2.24) is 9.78 Å². The molecule has 0 saturated heterocycles. The topological polar surface area (TPSA) is 50.1 Å². The Kier molecular flexibility index (Phi) is 3.99. The molecule has 0 radical (unpaired) electrons. The summed E-state index contributed by atoms with van der Waals surface area (Å²) in [6, 6.07) is 3.94. The van der Waals surface area contributed by atoms with Crippen LogP contribution < -0.4 is 5.32 Å². The Hall–Kier alpha value is -1.97. The molecule has 1 heterocycles. The molecule has 2 rings (SSSR count). The minimum Gasteiger partial charge on any atom is -0.507 e. The number of phenolic OH excluding ortho intramolecular Hbond substituents is 1. The molecule has 4 nitrogen and oxygen atoms in total. The summed E-state index contributed by atoms with van der Waals surface area (Å²) in [6.07, 6.45) is 2.05. The summed E-state index contributed by atoms with van der Waals surface area (Å²) < 4.78 is 1.86. The third kappa shape index (κ3) is 3.20. The van der Waals surface area contributed by atoms with E-state index in [2.05, 4.69) is 37.4 Å². The predicted octanol–water partition coefficient (Wildman–Crippen LogP) is 3.65. The maximum atomic E-state index is 10.0. The molecule has 21 heavy (non-hydrogen) atoms. The molecule has 0 unspecified atom stereocenters. The monoisotopic (exact) mass is 287 g/mol. The average molecular weight is 287 g/mol. The Morgan fingerprint density at radius 2 is 1.90 bits per heavy atom. The average Bonchev–Trinajstić information content (AvgIpc) is 2.76. The van der Waals surface area contributed by atoms with E-state index in [4.69, 9.17) is 0 Å². The van der Waals surface area contributed by atoms with Crippen molar-refractivity contribution in [2.45, 2.75) is 46.6 Å². The van der Waals surface area contributed by atoms with E-state index in [1.165, 1.54) is 5.56 Å². The van der Waals surface area contributed by atoms with Crippen LogP contribution in [0.3, 0.4) is 0 Å². The molecule has 0 aliphatic carbocycles. The Balaban J connectivity index is 2.23. The van der Waals surface area contributed by atoms with E-state index in [0.29, 0.717) is 12.3 Å². The molecule has 2 aromatic rings. The van der Waals surface area contributed by atoms with E-state index >= 15 is 0 Å². The molecule has 4 heteroatoms. The largest absolute Gasteiger partial charge is 0.507 e. The van der Waals surface area contributed by atoms with Gasteiger partial charge in [0.25, 0.3) is 0 Å². The molecule has 114 valence electrons. The zero-order valence-electron chi connectivity index (χ0n) is 13.8. The van der Waals surface area contributed by atoms with E-state index in [0.717, 1.165) is 22.5 Å². The normalized spacial score (nSPS) is 11.7. The number of benzene rings is 1. The quantitative estimate of drug-likeness (QED) is 0.906. The van der Waals surface area contributed by atoms with Gasteiger partial charge in [-0.15, -0.1) is 0 Å². The molecule has 0 atom stereocenters. The fraction of sp³-hybridized carbons (Fsp3) is 0.471. The Morgan fingerprint density at radius 3 is 2.52 bits per heavy atom. The van der Waals surface area contributed by atoms with Crippen molar-refractivity contribution < 1.29 is 5.11 Å². The lowest BCUT2D eigenvalue weighted by atomic mass is 9.89. The predicted molar refractivity (Wildman–Crippen MR) is 86.8 cm³/mol. The molecular weight excluding hydrogens is 262 g/mol. The van der Waals surface area contributed by atoms with Crippen molar-refractivity contribution in [3.8, 4) is 5.75 Å². The van der Waals surface area contributed by atoms with E-state index in [1.807, 2.05) is 37.7 Å². The van der Waals surface area contributed by atoms with Crippen LogP contribution in [0.4, 0.5) is 5.69 Å². The van der Waals surface area contributed by atoms with E-state index in [1.54, 1.807) is 0 Å². The summed E-state index contributed by atoms with van der Waals surface area (Å²) in [5.74, 6) is 0.363. The number of hydrogen-bond donors (Lipinski definition) is 2. The summed E-state index contributed by atoms with van der Waals surface area (Å²) in [5.41, 5.74) is 5.05. The smallest absolute Gasteiger partial charge is 0.123 e. The molecule has 0 aliphatic heterocycles. The number of phenols is 1. The van der Waals surface area contributed by atoms with Crippen LogP contribution in [0.25, 0.3) is 0 Å². The lowest BCUT2D eigenvalue weighted by Crippen LogP contribution is -2.16. The SMILES string of the molecule is Cc1ccc(NCc2cn(C)nc2C(C)(C)C)c(C)c1O. The highest BCUT2D eigenvalue weighted by atomic mass is 16.3. The minimum atomic E-state index is 0.0166. The van der Waals surface area contributed by atoms with Crippen molar-refractivity contribution in [1.29, 1.82) is 0 Å². The molecule has 0 amide bonds. The van der Waals surface area contributed by atoms with Gasteiger partial charge in [0.2, 0.25) is 0 Å². The van der Waals surface area contributed by atoms with E-state index in [-0.39, 0.29) is 5.41 Å². The first-order chi connectivity index (χ1) is 9.70. The first-order valence-corrected chi connectivity index (χ1v) is 7.26. The first-order valence-electron chi connectivity index (χ1n) is 7.26. The minimum absolute atomic E-state index is 0.0166. The zero-order chi connectivity index (χ0) is 15.8. The van der Waals surface area contributed by atoms with Crippen LogP contribution in [0.1, 0.15) is 43.2 Å². The van der Waals surface area contributed by atoms with Crippen molar-refractivity contribution in [2.75, 3.05) is 5.32 Å². The fourth-order valence-electron chi connectivity index (χ4n) is 2.52. The van der Waals surface area contributed by atoms with E-state index in [9.17, 15) is 5.11 Å². The third-order valence-electron chi connectivity index (χ3n) is 3.72. The summed E-state index contributed by atoms with van der Waals surface area (Å²) in [7, 11) is 1.95. The van der Waals surface area contributed by atoms with Gasteiger partial charge in [0.15, 0.2) is 0 Å². The Labute approximate surface area is 126 Å². The summed E-state index contributed by atoms with van der Waals surface area (Å²) in [6.45, 7) is 11.0. The third-order valence-corrected chi connectivity index (χ3v) is 3.72. The molecule has 0 saturated carbocycles.